The molecule has 7 heteroatoms. The van der Waals surface area contributed by atoms with E-state index in [1.54, 1.807) is 32.7 Å². The van der Waals surface area contributed by atoms with Gasteiger partial charge in [-0.3, -0.25) is 4.79 Å². The summed E-state index contributed by atoms with van der Waals surface area (Å²) in [6.07, 6.45) is 2.08. The second-order valence-electron chi connectivity index (χ2n) is 8.23. The van der Waals surface area contributed by atoms with Crippen LogP contribution < -0.4 is 14.2 Å². The van der Waals surface area contributed by atoms with E-state index in [1.165, 1.54) is 4.88 Å². The van der Waals surface area contributed by atoms with Gasteiger partial charge in [0.05, 0.1) is 44.6 Å². The quantitative estimate of drug-likeness (QED) is 0.323. The van der Waals surface area contributed by atoms with Crippen LogP contribution in [0.5, 0.6) is 17.2 Å². The lowest BCUT2D eigenvalue weighted by molar-refractivity contribution is 0.0733. The van der Waals surface area contributed by atoms with Crippen molar-refractivity contribution < 1.29 is 19.0 Å². The summed E-state index contributed by atoms with van der Waals surface area (Å²) in [7, 11) is 4.75. The largest absolute Gasteiger partial charge is 0.493 e. The van der Waals surface area contributed by atoms with Crippen LogP contribution in [-0.2, 0) is 6.54 Å². The molecule has 2 aromatic heterocycles. The van der Waals surface area contributed by atoms with Crippen LogP contribution in [-0.4, -0.2) is 43.2 Å². The Morgan fingerprint density at radius 1 is 1.00 bits per heavy atom. The van der Waals surface area contributed by atoms with E-state index in [0.29, 0.717) is 35.1 Å². The number of nitrogens with zero attached hydrogens (tertiary/aromatic N) is 2. The Kier molecular flexibility index (Phi) is 6.11. The SMILES string of the molecule is COc1cc(-c2cc(C(=O)N(Cc3cccs3)C3CC3)c3ccccc3n2)cc(OC)c1OC. The van der Waals surface area contributed by atoms with Crippen molar-refractivity contribution in [3.05, 3.63) is 70.4 Å². The first kappa shape index (κ1) is 22.2. The summed E-state index contributed by atoms with van der Waals surface area (Å²) in [5.41, 5.74) is 2.88. The maximum absolute atomic E-state index is 13.9. The first-order valence-electron chi connectivity index (χ1n) is 11.2. The standard InChI is InChI=1S/C27H26N2O4S/c1-31-24-13-17(14-25(32-2)26(24)33-3)23-15-21(20-8-4-5-9-22(20)28-23)27(30)29(18-10-11-18)16-19-7-6-12-34-19/h4-9,12-15,18H,10-11,16H2,1-3H3. The van der Waals surface area contributed by atoms with Gasteiger partial charge in [-0.05, 0) is 48.6 Å². The van der Waals surface area contributed by atoms with Crippen molar-refractivity contribution in [3.63, 3.8) is 0 Å². The van der Waals surface area contributed by atoms with Gasteiger partial charge in [0.15, 0.2) is 11.5 Å². The van der Waals surface area contributed by atoms with Crippen molar-refractivity contribution in [2.75, 3.05) is 21.3 Å². The molecule has 1 aliphatic rings. The molecular formula is C27H26N2O4S. The Labute approximate surface area is 202 Å². The second kappa shape index (κ2) is 9.35. The molecule has 6 nitrogen and oxygen atoms in total. The molecule has 0 N–H and O–H groups in total. The van der Waals surface area contributed by atoms with E-state index in [2.05, 4.69) is 11.4 Å². The third-order valence-electron chi connectivity index (χ3n) is 6.06. The maximum Gasteiger partial charge on any atom is 0.255 e. The minimum Gasteiger partial charge on any atom is -0.493 e. The summed E-state index contributed by atoms with van der Waals surface area (Å²) >= 11 is 1.68. The lowest BCUT2D eigenvalue weighted by atomic mass is 10.0. The van der Waals surface area contributed by atoms with E-state index >= 15 is 0 Å². The van der Waals surface area contributed by atoms with Crippen LogP contribution >= 0.6 is 11.3 Å². The lowest BCUT2D eigenvalue weighted by Crippen LogP contribution is -2.32. The fourth-order valence-electron chi connectivity index (χ4n) is 4.21. The first-order chi connectivity index (χ1) is 16.6. The van der Waals surface area contributed by atoms with Gasteiger partial charge in [0, 0.05) is 21.9 Å². The van der Waals surface area contributed by atoms with Crippen molar-refractivity contribution in [1.29, 1.82) is 0 Å². The number of hydrogen-bond donors (Lipinski definition) is 0. The monoisotopic (exact) mass is 474 g/mol. The Hall–Kier alpha value is -3.58. The van der Waals surface area contributed by atoms with E-state index < -0.39 is 0 Å². The second-order valence-corrected chi connectivity index (χ2v) is 9.26. The summed E-state index contributed by atoms with van der Waals surface area (Å²) in [5, 5.41) is 2.90. The Bertz CT molecular complexity index is 1310. The number of ether oxygens (including phenoxy) is 3. The van der Waals surface area contributed by atoms with Gasteiger partial charge >= 0.3 is 0 Å². The third-order valence-corrected chi connectivity index (χ3v) is 6.92. The number of benzene rings is 2. The Balaban J connectivity index is 1.63. The number of pyridine rings is 1. The van der Waals surface area contributed by atoms with Gasteiger partial charge in [-0.25, -0.2) is 4.98 Å². The molecule has 0 atom stereocenters. The van der Waals surface area contributed by atoms with E-state index in [9.17, 15) is 4.79 Å². The molecule has 0 unspecified atom stereocenters. The summed E-state index contributed by atoms with van der Waals surface area (Å²) in [6.45, 7) is 0.622. The van der Waals surface area contributed by atoms with Crippen LogP contribution in [0, 0.1) is 0 Å². The molecule has 1 fully saturated rings. The number of carbonyl (C=O) groups is 1. The molecule has 34 heavy (non-hydrogen) atoms. The molecule has 2 heterocycles. The fourth-order valence-corrected chi connectivity index (χ4v) is 4.91. The summed E-state index contributed by atoms with van der Waals surface area (Å²) in [4.78, 5) is 22.0. The molecule has 0 bridgehead atoms. The van der Waals surface area contributed by atoms with Crippen LogP contribution in [0.3, 0.4) is 0 Å². The van der Waals surface area contributed by atoms with E-state index in [-0.39, 0.29) is 11.9 Å². The number of hydrogen-bond acceptors (Lipinski definition) is 6. The van der Waals surface area contributed by atoms with Crippen LogP contribution in [0.4, 0.5) is 0 Å². The number of amides is 1. The van der Waals surface area contributed by atoms with Gasteiger partial charge in [0.25, 0.3) is 5.91 Å². The summed E-state index contributed by atoms with van der Waals surface area (Å²) in [6, 6.07) is 17.8. The Morgan fingerprint density at radius 3 is 2.35 bits per heavy atom. The van der Waals surface area contributed by atoms with Crippen molar-refractivity contribution in [2.45, 2.75) is 25.4 Å². The van der Waals surface area contributed by atoms with E-state index in [0.717, 1.165) is 29.3 Å². The van der Waals surface area contributed by atoms with Gasteiger partial charge in [0.2, 0.25) is 5.75 Å². The zero-order valence-corrected chi connectivity index (χ0v) is 20.2. The Morgan fingerprint density at radius 2 is 1.74 bits per heavy atom. The predicted octanol–water partition coefficient (Wildman–Crippen LogP) is 5.79. The number of rotatable bonds is 8. The van der Waals surface area contributed by atoms with Crippen LogP contribution in [0.25, 0.3) is 22.2 Å². The topological polar surface area (TPSA) is 60.9 Å². The molecule has 174 valence electrons. The number of fused-ring (bicyclic) bond motifs is 1. The molecule has 2 aromatic carbocycles. The maximum atomic E-state index is 13.9. The molecule has 1 saturated carbocycles. The molecule has 0 saturated heterocycles. The molecule has 0 spiro atoms. The van der Waals surface area contributed by atoms with E-state index in [1.807, 2.05) is 53.4 Å². The van der Waals surface area contributed by atoms with Crippen LogP contribution in [0.15, 0.2) is 60.0 Å². The van der Waals surface area contributed by atoms with Crippen molar-refractivity contribution in [2.24, 2.45) is 0 Å². The third kappa shape index (κ3) is 4.19. The number of thiophene rings is 1. The highest BCUT2D eigenvalue weighted by molar-refractivity contribution is 7.09. The zero-order valence-electron chi connectivity index (χ0n) is 19.4. The van der Waals surface area contributed by atoms with Gasteiger partial charge < -0.3 is 19.1 Å². The van der Waals surface area contributed by atoms with Crippen LogP contribution in [0.1, 0.15) is 28.1 Å². The number of methoxy groups -OCH3 is 3. The van der Waals surface area contributed by atoms with Gasteiger partial charge in [-0.2, -0.15) is 0 Å². The van der Waals surface area contributed by atoms with Crippen molar-refractivity contribution in [1.82, 2.24) is 9.88 Å². The van der Waals surface area contributed by atoms with Crippen molar-refractivity contribution >= 4 is 28.1 Å². The minimum atomic E-state index is 0.0307. The summed E-state index contributed by atoms with van der Waals surface area (Å²) < 4.78 is 16.5. The highest BCUT2D eigenvalue weighted by atomic mass is 32.1. The molecule has 1 aliphatic carbocycles. The molecule has 0 aliphatic heterocycles. The predicted molar refractivity (Wildman–Crippen MR) is 134 cm³/mol. The van der Waals surface area contributed by atoms with Gasteiger partial charge in [-0.1, -0.05) is 24.3 Å². The average molecular weight is 475 g/mol. The smallest absolute Gasteiger partial charge is 0.255 e. The molecule has 1 amide bonds. The average Bonchev–Trinajstić information content (AvgIpc) is 3.59. The lowest BCUT2D eigenvalue weighted by Gasteiger charge is -2.23. The number of para-hydroxylation sites is 1. The van der Waals surface area contributed by atoms with Gasteiger partial charge in [0.1, 0.15) is 0 Å². The van der Waals surface area contributed by atoms with Crippen molar-refractivity contribution in [3.8, 4) is 28.5 Å². The minimum absolute atomic E-state index is 0.0307. The van der Waals surface area contributed by atoms with E-state index in [4.69, 9.17) is 19.2 Å². The highest BCUT2D eigenvalue weighted by Gasteiger charge is 2.34. The normalized spacial score (nSPS) is 13.0. The number of carbonyl (C=O) groups excluding carboxylic acids is 1. The van der Waals surface area contributed by atoms with Crippen LogP contribution in [0.2, 0.25) is 0 Å². The molecule has 5 rings (SSSR count). The highest BCUT2D eigenvalue weighted by Crippen LogP contribution is 2.41. The molecule has 0 radical (unpaired) electrons. The first-order valence-corrected chi connectivity index (χ1v) is 12.0. The molecule has 4 aromatic rings. The van der Waals surface area contributed by atoms with Gasteiger partial charge in [-0.15, -0.1) is 11.3 Å². The fraction of sp³-hybridized carbons (Fsp3) is 0.259. The number of aromatic nitrogens is 1. The zero-order chi connectivity index (χ0) is 23.7. The summed E-state index contributed by atoms with van der Waals surface area (Å²) in [5.74, 6) is 1.62. The molecular weight excluding hydrogens is 448 g/mol.